The minimum absolute atomic E-state index is 0.108. The number of hydrogen-bond acceptors (Lipinski definition) is 5. The highest BCUT2D eigenvalue weighted by Crippen LogP contribution is 2.01. The standard InChI is InChI=1S/C11H10BClN2O3/c13-11-14-6-10(7-15-11)12(16)18-17-8-9-4-2-1-3-5-9/h1-7,16H,8H2. The summed E-state index contributed by atoms with van der Waals surface area (Å²) in [5.74, 6) is 0. The van der Waals surface area contributed by atoms with Crippen molar-refractivity contribution in [3.63, 3.8) is 0 Å². The second-order valence-corrected chi connectivity index (χ2v) is 3.82. The van der Waals surface area contributed by atoms with Crippen LogP contribution in [0, 0.1) is 0 Å². The first kappa shape index (κ1) is 13.0. The largest absolute Gasteiger partial charge is 0.526 e. The van der Waals surface area contributed by atoms with Crippen LogP contribution in [-0.4, -0.2) is 22.1 Å². The highest BCUT2D eigenvalue weighted by molar-refractivity contribution is 6.59. The van der Waals surface area contributed by atoms with Crippen LogP contribution >= 0.6 is 11.6 Å². The normalized spacial score (nSPS) is 10.3. The molecule has 7 heteroatoms. The highest BCUT2D eigenvalue weighted by atomic mass is 35.5. The molecule has 0 amide bonds. The number of hydrogen-bond donors (Lipinski definition) is 1. The number of rotatable bonds is 5. The lowest BCUT2D eigenvalue weighted by atomic mass is 9.83. The third-order valence-electron chi connectivity index (χ3n) is 2.15. The maximum Gasteiger partial charge on any atom is 0.526 e. The van der Waals surface area contributed by atoms with Crippen LogP contribution < -0.4 is 5.46 Å². The van der Waals surface area contributed by atoms with E-state index in [0.717, 1.165) is 5.56 Å². The average molecular weight is 264 g/mol. The zero-order valence-electron chi connectivity index (χ0n) is 9.36. The van der Waals surface area contributed by atoms with E-state index in [2.05, 4.69) is 9.97 Å². The summed E-state index contributed by atoms with van der Waals surface area (Å²) in [7, 11) is -1.24. The van der Waals surface area contributed by atoms with Crippen LogP contribution in [0.15, 0.2) is 42.7 Å². The van der Waals surface area contributed by atoms with E-state index < -0.39 is 7.12 Å². The van der Waals surface area contributed by atoms with Gasteiger partial charge in [0.05, 0.1) is 0 Å². The quantitative estimate of drug-likeness (QED) is 0.377. The molecule has 18 heavy (non-hydrogen) atoms. The Labute approximate surface area is 109 Å². The summed E-state index contributed by atoms with van der Waals surface area (Å²) >= 11 is 5.52. The van der Waals surface area contributed by atoms with Gasteiger partial charge >= 0.3 is 7.12 Å². The monoisotopic (exact) mass is 264 g/mol. The summed E-state index contributed by atoms with van der Waals surface area (Å²) < 4.78 is 0. The molecule has 2 rings (SSSR count). The summed E-state index contributed by atoms with van der Waals surface area (Å²) in [6.07, 6.45) is 2.73. The van der Waals surface area contributed by atoms with Crippen LogP contribution in [0.3, 0.4) is 0 Å². The fraction of sp³-hybridized carbons (Fsp3) is 0.0909. The van der Waals surface area contributed by atoms with Gasteiger partial charge in [0.25, 0.3) is 0 Å². The van der Waals surface area contributed by atoms with Gasteiger partial charge in [0.1, 0.15) is 6.61 Å². The predicted molar refractivity (Wildman–Crippen MR) is 67.0 cm³/mol. The lowest BCUT2D eigenvalue weighted by Crippen LogP contribution is -2.34. The lowest BCUT2D eigenvalue weighted by Gasteiger charge is -2.07. The molecule has 1 heterocycles. The van der Waals surface area contributed by atoms with E-state index in [9.17, 15) is 5.02 Å². The number of nitrogens with zero attached hydrogens (tertiary/aromatic N) is 2. The summed E-state index contributed by atoms with van der Waals surface area (Å²) in [4.78, 5) is 17.2. The smallest absolute Gasteiger partial charge is 0.422 e. The molecule has 1 aromatic carbocycles. The molecular formula is C11H10BClN2O3. The van der Waals surface area contributed by atoms with Crippen molar-refractivity contribution in [3.8, 4) is 0 Å². The minimum Gasteiger partial charge on any atom is -0.422 e. The number of benzene rings is 1. The van der Waals surface area contributed by atoms with Gasteiger partial charge in [-0.3, -0.25) is 4.81 Å². The van der Waals surface area contributed by atoms with Gasteiger partial charge in [0, 0.05) is 17.9 Å². The van der Waals surface area contributed by atoms with Crippen molar-refractivity contribution in [2.45, 2.75) is 6.61 Å². The molecule has 0 unspecified atom stereocenters. The second-order valence-electron chi connectivity index (χ2n) is 3.48. The molecule has 1 aromatic heterocycles. The van der Waals surface area contributed by atoms with Gasteiger partial charge in [-0.15, -0.1) is 0 Å². The summed E-state index contributed by atoms with van der Waals surface area (Å²) in [6, 6.07) is 9.47. The average Bonchev–Trinajstić information content (AvgIpc) is 2.40. The van der Waals surface area contributed by atoms with E-state index in [1.54, 1.807) is 0 Å². The first-order valence-electron chi connectivity index (χ1n) is 5.23. The molecule has 0 saturated carbocycles. The van der Waals surface area contributed by atoms with Crippen molar-refractivity contribution in [2.75, 3.05) is 0 Å². The van der Waals surface area contributed by atoms with Gasteiger partial charge in [0.2, 0.25) is 5.28 Å². The zero-order valence-corrected chi connectivity index (χ0v) is 10.1. The molecule has 1 N–H and O–H groups in total. The molecule has 0 saturated heterocycles. The molecule has 0 radical (unpaired) electrons. The topological polar surface area (TPSA) is 64.5 Å². The number of aromatic nitrogens is 2. The van der Waals surface area contributed by atoms with Gasteiger partial charge in [-0.05, 0) is 17.2 Å². The van der Waals surface area contributed by atoms with E-state index in [4.69, 9.17) is 21.3 Å². The van der Waals surface area contributed by atoms with Crippen LogP contribution in [0.1, 0.15) is 5.56 Å². The van der Waals surface area contributed by atoms with Crippen LogP contribution in [0.2, 0.25) is 5.28 Å². The summed E-state index contributed by atoms with van der Waals surface area (Å²) in [5, 5.41) is 9.73. The van der Waals surface area contributed by atoms with Crippen molar-refractivity contribution < 1.29 is 14.7 Å². The van der Waals surface area contributed by atoms with Gasteiger partial charge in [-0.1, -0.05) is 30.3 Å². The molecule has 0 aliphatic rings. The SMILES string of the molecule is OB(OOCc1ccccc1)c1cnc(Cl)nc1. The second kappa shape index (κ2) is 6.46. The molecule has 2 aromatic rings. The first-order valence-corrected chi connectivity index (χ1v) is 5.61. The molecule has 0 atom stereocenters. The Bertz CT molecular complexity index is 483. The van der Waals surface area contributed by atoms with Crippen LogP contribution in [0.5, 0.6) is 0 Å². The third-order valence-corrected chi connectivity index (χ3v) is 2.35. The molecular weight excluding hydrogens is 254 g/mol. The Morgan fingerprint density at radius 2 is 1.83 bits per heavy atom. The Balaban J connectivity index is 1.81. The van der Waals surface area contributed by atoms with E-state index in [1.165, 1.54) is 12.4 Å². The molecule has 0 aliphatic carbocycles. The molecule has 5 nitrogen and oxygen atoms in total. The molecule has 0 fully saturated rings. The van der Waals surface area contributed by atoms with Crippen LogP contribution in [0.25, 0.3) is 0 Å². The van der Waals surface area contributed by atoms with Gasteiger partial charge in [-0.25, -0.2) is 14.9 Å². The maximum absolute atomic E-state index is 9.62. The van der Waals surface area contributed by atoms with E-state index >= 15 is 0 Å². The Kier molecular flexibility index (Phi) is 4.66. The van der Waals surface area contributed by atoms with Gasteiger partial charge in [0.15, 0.2) is 0 Å². The fourth-order valence-corrected chi connectivity index (χ4v) is 1.34. The predicted octanol–water partition coefficient (Wildman–Crippen LogP) is 0.966. The minimum atomic E-state index is -1.24. The van der Waals surface area contributed by atoms with Crippen molar-refractivity contribution in [2.24, 2.45) is 0 Å². The molecule has 92 valence electrons. The first-order chi connectivity index (χ1) is 8.75. The van der Waals surface area contributed by atoms with Gasteiger partial charge < -0.3 is 5.02 Å². The van der Waals surface area contributed by atoms with Crippen molar-refractivity contribution >= 4 is 24.2 Å². The lowest BCUT2D eigenvalue weighted by molar-refractivity contribution is -0.231. The Hall–Kier alpha value is -1.47. The maximum atomic E-state index is 9.62. The van der Waals surface area contributed by atoms with Crippen molar-refractivity contribution in [1.82, 2.24) is 9.97 Å². The highest BCUT2D eigenvalue weighted by Gasteiger charge is 2.18. The van der Waals surface area contributed by atoms with Crippen LogP contribution in [-0.2, 0) is 16.3 Å². The molecule has 0 bridgehead atoms. The number of halogens is 1. The Morgan fingerprint density at radius 3 is 2.50 bits per heavy atom. The zero-order chi connectivity index (χ0) is 12.8. The van der Waals surface area contributed by atoms with E-state index in [0.29, 0.717) is 5.46 Å². The van der Waals surface area contributed by atoms with E-state index in [-0.39, 0.29) is 11.9 Å². The fourth-order valence-electron chi connectivity index (χ4n) is 1.25. The molecule has 0 spiro atoms. The van der Waals surface area contributed by atoms with Crippen molar-refractivity contribution in [1.29, 1.82) is 0 Å². The molecule has 0 aliphatic heterocycles. The third kappa shape index (κ3) is 3.78. The summed E-state index contributed by atoms with van der Waals surface area (Å²) in [6.45, 7) is 0.242. The van der Waals surface area contributed by atoms with Crippen molar-refractivity contribution in [3.05, 3.63) is 53.6 Å². The Morgan fingerprint density at radius 1 is 1.17 bits per heavy atom. The van der Waals surface area contributed by atoms with Gasteiger partial charge in [-0.2, -0.15) is 0 Å². The summed E-state index contributed by atoms with van der Waals surface area (Å²) in [5.41, 5.74) is 1.31. The van der Waals surface area contributed by atoms with E-state index in [1.807, 2.05) is 30.3 Å². The van der Waals surface area contributed by atoms with Crippen LogP contribution in [0.4, 0.5) is 0 Å².